The number of rotatable bonds is 6. The van der Waals surface area contributed by atoms with Gasteiger partial charge in [0.25, 0.3) is 0 Å². The van der Waals surface area contributed by atoms with Gasteiger partial charge in [-0.15, -0.1) is 11.3 Å². The highest BCUT2D eigenvalue weighted by Crippen LogP contribution is 2.41. The first-order valence-electron chi connectivity index (χ1n) is 17.2. The molecule has 0 aliphatic heterocycles. The number of hydrogen-bond donors (Lipinski definition) is 1. The van der Waals surface area contributed by atoms with Crippen molar-refractivity contribution in [3.8, 4) is 16.8 Å². The minimum atomic E-state index is 0.487. The zero-order chi connectivity index (χ0) is 33.9. The van der Waals surface area contributed by atoms with E-state index in [4.69, 9.17) is 10.7 Å². The van der Waals surface area contributed by atoms with Gasteiger partial charge < -0.3 is 14.9 Å². The zero-order valence-electron chi connectivity index (χ0n) is 27.7. The molecule has 7 aromatic carbocycles. The van der Waals surface area contributed by atoms with Crippen LogP contribution < -0.4 is 5.73 Å². The Morgan fingerprint density at radius 1 is 0.569 bits per heavy atom. The number of hydrogen-bond acceptors (Lipinski definition) is 3. The van der Waals surface area contributed by atoms with Crippen LogP contribution in [0.1, 0.15) is 5.56 Å². The lowest BCUT2D eigenvalue weighted by molar-refractivity contribution is 0.796. The second-order valence-electron chi connectivity index (χ2n) is 13.0. The molecular weight excluding hydrogens is 641 g/mol. The summed E-state index contributed by atoms with van der Waals surface area (Å²) >= 11 is 1.87. The molecule has 0 amide bonds. The molecule has 2 N–H and O–H groups in total. The van der Waals surface area contributed by atoms with Crippen molar-refractivity contribution in [1.82, 2.24) is 9.13 Å². The molecule has 0 saturated heterocycles. The molecular formula is C46H32N4S. The summed E-state index contributed by atoms with van der Waals surface area (Å²) < 4.78 is 7.25. The molecule has 0 radical (unpaired) electrons. The molecule has 5 heteroatoms. The van der Waals surface area contributed by atoms with E-state index < -0.39 is 0 Å². The molecule has 10 rings (SSSR count). The van der Waals surface area contributed by atoms with Gasteiger partial charge in [-0.1, -0.05) is 109 Å². The third kappa shape index (κ3) is 4.78. The minimum Gasteiger partial charge on any atom is -0.398 e. The van der Waals surface area contributed by atoms with Crippen molar-refractivity contribution in [3.63, 3.8) is 0 Å². The van der Waals surface area contributed by atoms with E-state index in [2.05, 4.69) is 167 Å². The van der Waals surface area contributed by atoms with E-state index in [-0.39, 0.29) is 0 Å². The average molecular weight is 673 g/mol. The topological polar surface area (TPSA) is 48.2 Å². The highest BCUT2D eigenvalue weighted by molar-refractivity contribution is 7.26. The van der Waals surface area contributed by atoms with E-state index >= 15 is 0 Å². The van der Waals surface area contributed by atoms with E-state index in [1.54, 1.807) is 0 Å². The molecule has 51 heavy (non-hydrogen) atoms. The van der Waals surface area contributed by atoms with Crippen molar-refractivity contribution >= 4 is 87.0 Å². The second-order valence-corrected chi connectivity index (χ2v) is 14.0. The highest BCUT2D eigenvalue weighted by Gasteiger charge is 2.15. The largest absolute Gasteiger partial charge is 0.398 e. The number of nitrogens with two attached hydrogens (primary N) is 1. The summed E-state index contributed by atoms with van der Waals surface area (Å²) in [7, 11) is 0. The molecule has 3 aromatic heterocycles. The van der Waals surface area contributed by atoms with Crippen molar-refractivity contribution in [2.24, 2.45) is 10.7 Å². The van der Waals surface area contributed by atoms with E-state index in [0.29, 0.717) is 12.4 Å². The molecule has 3 heterocycles. The van der Waals surface area contributed by atoms with Crippen molar-refractivity contribution in [2.45, 2.75) is 6.67 Å². The lowest BCUT2D eigenvalue weighted by Crippen LogP contribution is -2.00. The first-order chi connectivity index (χ1) is 25.2. The fourth-order valence-corrected chi connectivity index (χ4v) is 8.97. The van der Waals surface area contributed by atoms with E-state index in [1.165, 1.54) is 63.9 Å². The number of fused-ring (bicyclic) bond motifs is 9. The monoisotopic (exact) mass is 672 g/mol. The maximum atomic E-state index is 6.67. The Hall–Kier alpha value is -6.43. The van der Waals surface area contributed by atoms with Gasteiger partial charge in [0.05, 0.1) is 22.1 Å². The molecule has 10 aromatic rings. The third-order valence-electron chi connectivity index (χ3n) is 10.1. The SMILES string of the molecule is N/C(=C\C=N/Cn1c2ccccc2c2cc(-c3cccc4c3sc3ccccc34)ccc21)c1cccc(-n2c3ccccc3c3ccccc32)c1. The molecule has 242 valence electrons. The summed E-state index contributed by atoms with van der Waals surface area (Å²) in [6.07, 6.45) is 3.74. The third-order valence-corrected chi connectivity index (χ3v) is 11.3. The Bertz CT molecular complexity index is 2970. The molecule has 0 atom stereocenters. The fourth-order valence-electron chi connectivity index (χ4n) is 7.73. The first-order valence-corrected chi connectivity index (χ1v) is 18.0. The van der Waals surface area contributed by atoms with Crippen molar-refractivity contribution in [1.29, 1.82) is 0 Å². The predicted octanol–water partition coefficient (Wildman–Crippen LogP) is 12.0. The summed E-state index contributed by atoms with van der Waals surface area (Å²) in [5.41, 5.74) is 16.6. The number of aromatic nitrogens is 2. The van der Waals surface area contributed by atoms with Crippen LogP contribution in [0, 0.1) is 0 Å². The van der Waals surface area contributed by atoms with Crippen LogP contribution in [0.25, 0.3) is 86.3 Å². The van der Waals surface area contributed by atoms with Crippen LogP contribution >= 0.6 is 11.3 Å². The number of allylic oxidation sites excluding steroid dienone is 1. The van der Waals surface area contributed by atoms with Crippen molar-refractivity contribution in [2.75, 3.05) is 0 Å². The number of aliphatic imine (C=N–C) groups is 1. The summed E-state index contributed by atoms with van der Waals surface area (Å²) in [6.45, 7) is 0.487. The Labute approximate surface area is 298 Å². The lowest BCUT2D eigenvalue weighted by Gasteiger charge is -2.10. The average Bonchev–Trinajstić information content (AvgIpc) is 3.84. The summed E-state index contributed by atoms with van der Waals surface area (Å²) in [6, 6.07) is 56.3. The standard InChI is InChI=1S/C46H32N4S/c47-40(31-11-9-12-32(27-31)50-43-20-6-2-13-34(43)35-14-3-7-21-44(35)50)25-26-48-29-49-41-19-5-1-15-36(41)39-28-30(23-24-42(39)49)33-17-10-18-38-37-16-4-8-22-45(37)51-46(33)38/h1-28H,29,47H2/b40-25-,48-26-. The van der Waals surface area contributed by atoms with E-state index in [9.17, 15) is 0 Å². The van der Waals surface area contributed by atoms with Gasteiger partial charge in [-0.3, -0.25) is 4.99 Å². The Morgan fingerprint density at radius 2 is 1.20 bits per heavy atom. The van der Waals surface area contributed by atoms with Crippen LogP contribution in [0.4, 0.5) is 0 Å². The molecule has 0 spiro atoms. The zero-order valence-corrected chi connectivity index (χ0v) is 28.5. The molecule has 0 unspecified atom stereocenters. The molecule has 0 aliphatic carbocycles. The van der Waals surface area contributed by atoms with Gasteiger partial charge in [-0.05, 0) is 71.3 Å². The Morgan fingerprint density at radius 3 is 1.98 bits per heavy atom. The quantitative estimate of drug-likeness (QED) is 0.176. The van der Waals surface area contributed by atoms with Crippen LogP contribution in [0.5, 0.6) is 0 Å². The van der Waals surface area contributed by atoms with Gasteiger partial charge in [0.15, 0.2) is 0 Å². The van der Waals surface area contributed by atoms with Crippen LogP contribution in [0.2, 0.25) is 0 Å². The normalized spacial score (nSPS) is 12.5. The second kappa shape index (κ2) is 11.9. The Balaban J connectivity index is 0.977. The van der Waals surface area contributed by atoms with Gasteiger partial charge in [0.1, 0.15) is 6.67 Å². The first kappa shape index (κ1) is 29.5. The van der Waals surface area contributed by atoms with Crippen LogP contribution in [-0.4, -0.2) is 15.3 Å². The van der Waals surface area contributed by atoms with Crippen molar-refractivity contribution in [3.05, 3.63) is 169 Å². The maximum Gasteiger partial charge on any atom is 0.114 e. The number of benzene rings is 7. The number of nitrogens with zero attached hydrogens (tertiary/aromatic N) is 3. The van der Waals surface area contributed by atoms with E-state index in [0.717, 1.165) is 22.3 Å². The van der Waals surface area contributed by atoms with Gasteiger partial charge >= 0.3 is 0 Å². The summed E-state index contributed by atoms with van der Waals surface area (Å²) in [4.78, 5) is 4.86. The van der Waals surface area contributed by atoms with Crippen LogP contribution in [0.3, 0.4) is 0 Å². The molecule has 0 fully saturated rings. The molecule has 0 bridgehead atoms. The lowest BCUT2D eigenvalue weighted by atomic mass is 10.0. The van der Waals surface area contributed by atoms with Gasteiger partial charge in [0.2, 0.25) is 0 Å². The minimum absolute atomic E-state index is 0.487. The van der Waals surface area contributed by atoms with E-state index in [1.807, 2.05) is 23.6 Å². The van der Waals surface area contributed by atoms with Crippen molar-refractivity contribution < 1.29 is 0 Å². The van der Waals surface area contributed by atoms with Gasteiger partial charge in [-0.25, -0.2) is 0 Å². The maximum absolute atomic E-state index is 6.67. The smallest absolute Gasteiger partial charge is 0.114 e. The molecule has 4 nitrogen and oxygen atoms in total. The molecule has 0 aliphatic rings. The van der Waals surface area contributed by atoms with Gasteiger partial charge in [-0.2, -0.15) is 0 Å². The fraction of sp³-hybridized carbons (Fsp3) is 0.0217. The summed E-state index contributed by atoms with van der Waals surface area (Å²) in [5.74, 6) is 0. The van der Waals surface area contributed by atoms with Gasteiger partial charge in [0, 0.05) is 59.3 Å². The van der Waals surface area contributed by atoms with Crippen LogP contribution in [-0.2, 0) is 6.67 Å². The van der Waals surface area contributed by atoms with Crippen LogP contribution in [0.15, 0.2) is 169 Å². The summed E-state index contributed by atoms with van der Waals surface area (Å²) in [5, 5.41) is 7.57. The highest BCUT2D eigenvalue weighted by atomic mass is 32.1. The predicted molar refractivity (Wildman–Crippen MR) is 219 cm³/mol. The molecule has 0 saturated carbocycles. The number of para-hydroxylation sites is 3. The number of thiophene rings is 1. The Kier molecular flexibility index (Phi) is 6.86.